The minimum absolute atomic E-state index is 0.0261. The molecule has 3 nitrogen and oxygen atoms in total. The molecule has 0 spiro atoms. The van der Waals surface area contributed by atoms with Crippen molar-refractivity contribution < 1.29 is 14.6 Å². The van der Waals surface area contributed by atoms with Gasteiger partial charge in [0.25, 0.3) is 0 Å². The molecular formula is C11H14O3. The highest BCUT2D eigenvalue weighted by Crippen LogP contribution is 2.22. The van der Waals surface area contributed by atoms with Gasteiger partial charge in [-0.05, 0) is 17.7 Å². The van der Waals surface area contributed by atoms with E-state index in [1.807, 2.05) is 0 Å². The van der Waals surface area contributed by atoms with Crippen LogP contribution in [0.25, 0.3) is 0 Å². The SMILES string of the molecule is C=CCOc1cc(CO)cc(OC)c1. The first kappa shape index (κ1) is 10.6. The van der Waals surface area contributed by atoms with Crippen LogP contribution in [0.1, 0.15) is 5.56 Å². The molecule has 0 amide bonds. The van der Waals surface area contributed by atoms with Crippen LogP contribution in [0, 0.1) is 0 Å². The Labute approximate surface area is 83.6 Å². The summed E-state index contributed by atoms with van der Waals surface area (Å²) in [5.74, 6) is 1.35. The zero-order chi connectivity index (χ0) is 10.4. The molecule has 3 heteroatoms. The van der Waals surface area contributed by atoms with Gasteiger partial charge in [-0.3, -0.25) is 0 Å². The summed E-state index contributed by atoms with van der Waals surface area (Å²) in [6.07, 6.45) is 1.66. The molecule has 76 valence electrons. The highest BCUT2D eigenvalue weighted by atomic mass is 16.5. The lowest BCUT2D eigenvalue weighted by Crippen LogP contribution is -1.95. The van der Waals surface area contributed by atoms with E-state index in [0.29, 0.717) is 18.1 Å². The summed E-state index contributed by atoms with van der Waals surface area (Å²) in [7, 11) is 1.58. The lowest BCUT2D eigenvalue weighted by Gasteiger charge is -2.08. The normalized spacial score (nSPS) is 9.57. The molecular weight excluding hydrogens is 180 g/mol. The third-order valence-corrected chi connectivity index (χ3v) is 1.73. The minimum Gasteiger partial charge on any atom is -0.497 e. The summed E-state index contributed by atoms with van der Waals surface area (Å²) in [6, 6.07) is 5.30. The quantitative estimate of drug-likeness (QED) is 0.726. The summed E-state index contributed by atoms with van der Waals surface area (Å²) in [5, 5.41) is 8.98. The minimum atomic E-state index is -0.0261. The maximum atomic E-state index is 8.98. The molecule has 0 unspecified atom stereocenters. The summed E-state index contributed by atoms with van der Waals surface area (Å²) in [4.78, 5) is 0. The predicted octanol–water partition coefficient (Wildman–Crippen LogP) is 1.75. The topological polar surface area (TPSA) is 38.7 Å². The number of benzene rings is 1. The van der Waals surface area contributed by atoms with Gasteiger partial charge in [0, 0.05) is 6.07 Å². The molecule has 0 aromatic heterocycles. The first-order valence-electron chi connectivity index (χ1n) is 4.32. The van der Waals surface area contributed by atoms with Gasteiger partial charge in [0.15, 0.2) is 0 Å². The number of rotatable bonds is 5. The van der Waals surface area contributed by atoms with Crippen molar-refractivity contribution in [2.24, 2.45) is 0 Å². The smallest absolute Gasteiger partial charge is 0.123 e. The van der Waals surface area contributed by atoms with Gasteiger partial charge in [-0.15, -0.1) is 0 Å². The van der Waals surface area contributed by atoms with Crippen LogP contribution < -0.4 is 9.47 Å². The lowest BCUT2D eigenvalue weighted by atomic mass is 10.2. The van der Waals surface area contributed by atoms with Gasteiger partial charge in [-0.1, -0.05) is 12.7 Å². The van der Waals surface area contributed by atoms with Crippen molar-refractivity contribution in [3.63, 3.8) is 0 Å². The molecule has 14 heavy (non-hydrogen) atoms. The highest BCUT2D eigenvalue weighted by molar-refractivity contribution is 5.38. The first-order valence-corrected chi connectivity index (χ1v) is 4.32. The van der Waals surface area contributed by atoms with Crippen molar-refractivity contribution in [1.82, 2.24) is 0 Å². The summed E-state index contributed by atoms with van der Waals surface area (Å²) >= 11 is 0. The van der Waals surface area contributed by atoms with E-state index >= 15 is 0 Å². The van der Waals surface area contributed by atoms with Gasteiger partial charge >= 0.3 is 0 Å². The van der Waals surface area contributed by atoms with Gasteiger partial charge in [-0.2, -0.15) is 0 Å². The van der Waals surface area contributed by atoms with E-state index in [4.69, 9.17) is 14.6 Å². The molecule has 0 saturated heterocycles. The van der Waals surface area contributed by atoms with Crippen LogP contribution in [0.15, 0.2) is 30.9 Å². The average molecular weight is 194 g/mol. The number of aliphatic hydroxyl groups excluding tert-OH is 1. The van der Waals surface area contributed by atoms with Crippen LogP contribution in [0.3, 0.4) is 0 Å². The largest absolute Gasteiger partial charge is 0.497 e. The van der Waals surface area contributed by atoms with Crippen LogP contribution in [0.2, 0.25) is 0 Å². The second-order valence-electron chi connectivity index (χ2n) is 2.77. The van der Waals surface area contributed by atoms with Crippen molar-refractivity contribution >= 4 is 0 Å². The monoisotopic (exact) mass is 194 g/mol. The van der Waals surface area contributed by atoms with E-state index in [9.17, 15) is 0 Å². The number of aliphatic hydroxyl groups is 1. The molecule has 0 aliphatic carbocycles. The second-order valence-corrected chi connectivity index (χ2v) is 2.77. The van der Waals surface area contributed by atoms with Gasteiger partial charge in [-0.25, -0.2) is 0 Å². The van der Waals surface area contributed by atoms with E-state index < -0.39 is 0 Å². The molecule has 1 N–H and O–H groups in total. The summed E-state index contributed by atoms with van der Waals surface area (Å²) in [6.45, 7) is 3.97. The van der Waals surface area contributed by atoms with E-state index in [-0.39, 0.29) is 6.61 Å². The molecule has 0 atom stereocenters. The van der Waals surface area contributed by atoms with Gasteiger partial charge in [0.1, 0.15) is 18.1 Å². The fourth-order valence-corrected chi connectivity index (χ4v) is 1.08. The Morgan fingerprint density at radius 1 is 1.36 bits per heavy atom. The molecule has 1 aromatic carbocycles. The van der Waals surface area contributed by atoms with Crippen LogP contribution in [-0.2, 0) is 6.61 Å². The van der Waals surface area contributed by atoms with Crippen molar-refractivity contribution in [3.05, 3.63) is 36.4 Å². The number of hydrogen-bond donors (Lipinski definition) is 1. The lowest BCUT2D eigenvalue weighted by molar-refractivity contribution is 0.279. The molecule has 0 radical (unpaired) electrons. The van der Waals surface area contributed by atoms with Gasteiger partial charge < -0.3 is 14.6 Å². The fourth-order valence-electron chi connectivity index (χ4n) is 1.08. The van der Waals surface area contributed by atoms with Crippen molar-refractivity contribution in [2.75, 3.05) is 13.7 Å². The molecule has 0 aliphatic heterocycles. The predicted molar refractivity (Wildman–Crippen MR) is 54.6 cm³/mol. The number of methoxy groups -OCH3 is 1. The first-order chi connectivity index (χ1) is 6.80. The van der Waals surface area contributed by atoms with Crippen LogP contribution in [0.5, 0.6) is 11.5 Å². The van der Waals surface area contributed by atoms with Crippen molar-refractivity contribution in [1.29, 1.82) is 0 Å². The molecule has 0 fully saturated rings. The van der Waals surface area contributed by atoms with Gasteiger partial charge in [0.2, 0.25) is 0 Å². The Hall–Kier alpha value is -1.48. The third-order valence-electron chi connectivity index (χ3n) is 1.73. The fraction of sp³-hybridized carbons (Fsp3) is 0.273. The standard InChI is InChI=1S/C11H14O3/c1-3-4-14-11-6-9(8-12)5-10(7-11)13-2/h3,5-7,12H,1,4,8H2,2H3. The van der Waals surface area contributed by atoms with Crippen LogP contribution >= 0.6 is 0 Å². The van der Waals surface area contributed by atoms with Crippen molar-refractivity contribution in [2.45, 2.75) is 6.61 Å². The molecule has 1 rings (SSSR count). The Balaban J connectivity index is 2.86. The van der Waals surface area contributed by atoms with E-state index in [2.05, 4.69) is 6.58 Å². The number of hydrogen-bond acceptors (Lipinski definition) is 3. The maximum Gasteiger partial charge on any atom is 0.123 e. The molecule has 0 bridgehead atoms. The second kappa shape index (κ2) is 5.29. The Morgan fingerprint density at radius 3 is 2.64 bits per heavy atom. The Kier molecular flexibility index (Phi) is 4.01. The third kappa shape index (κ3) is 2.78. The summed E-state index contributed by atoms with van der Waals surface area (Å²) < 4.78 is 10.4. The Bertz CT molecular complexity index is 285. The van der Waals surface area contributed by atoms with Gasteiger partial charge in [0.05, 0.1) is 13.7 Å². The van der Waals surface area contributed by atoms with Crippen LogP contribution in [0.4, 0.5) is 0 Å². The van der Waals surface area contributed by atoms with E-state index in [0.717, 1.165) is 5.56 Å². The molecule has 0 saturated carbocycles. The molecule has 0 aliphatic rings. The zero-order valence-electron chi connectivity index (χ0n) is 8.19. The van der Waals surface area contributed by atoms with Crippen molar-refractivity contribution in [3.8, 4) is 11.5 Å². The zero-order valence-corrected chi connectivity index (χ0v) is 8.19. The molecule has 1 aromatic rings. The number of ether oxygens (including phenoxy) is 2. The maximum absolute atomic E-state index is 8.98. The van der Waals surface area contributed by atoms with Crippen LogP contribution in [-0.4, -0.2) is 18.8 Å². The van der Waals surface area contributed by atoms with E-state index in [1.165, 1.54) is 0 Å². The van der Waals surface area contributed by atoms with E-state index in [1.54, 1.807) is 31.4 Å². The average Bonchev–Trinajstić information content (AvgIpc) is 2.25. The summed E-state index contributed by atoms with van der Waals surface area (Å²) in [5.41, 5.74) is 0.767. The highest BCUT2D eigenvalue weighted by Gasteiger charge is 2.00. The Morgan fingerprint density at radius 2 is 2.07 bits per heavy atom. The molecule has 0 heterocycles.